The van der Waals surface area contributed by atoms with Crippen molar-refractivity contribution in [3.63, 3.8) is 0 Å². The number of phenols is 1. The number of benzene rings is 1. The third kappa shape index (κ3) is 3.03. The topological polar surface area (TPSA) is 101 Å². The number of carboxylic acid groups (broad SMARTS) is 1. The second-order valence-electron chi connectivity index (χ2n) is 2.27. The molecule has 0 fully saturated rings. The molecule has 1 rings (SSSR count). The minimum absolute atomic E-state index is 0. The number of carbonyl (C=O) groups is 1. The zero-order chi connectivity index (χ0) is 10.0. The Morgan fingerprint density at radius 3 is 2.50 bits per heavy atom. The fraction of sp³-hybridized carbons (Fsp3) is 0. The van der Waals surface area contributed by atoms with Crippen molar-refractivity contribution in [2.24, 2.45) is 0 Å². The largest absolute Gasteiger partial charge is 1.00 e. The Bertz CT molecular complexity index is 384. The SMILES string of the molecule is O=C(O)c1ccc(O)c([N+](=O)[O-])c1.[H-].[K+]. The van der Waals surface area contributed by atoms with Crippen molar-refractivity contribution in [3.8, 4) is 5.75 Å². The monoisotopic (exact) mass is 223 g/mol. The van der Waals surface area contributed by atoms with Crippen molar-refractivity contribution < 1.29 is 72.7 Å². The van der Waals surface area contributed by atoms with E-state index in [9.17, 15) is 14.9 Å². The van der Waals surface area contributed by atoms with Gasteiger partial charge in [-0.25, -0.2) is 4.79 Å². The van der Waals surface area contributed by atoms with Gasteiger partial charge in [-0.1, -0.05) is 0 Å². The van der Waals surface area contributed by atoms with Crippen molar-refractivity contribution in [2.75, 3.05) is 0 Å². The maximum atomic E-state index is 10.4. The van der Waals surface area contributed by atoms with Gasteiger partial charge in [-0.15, -0.1) is 0 Å². The van der Waals surface area contributed by atoms with Gasteiger partial charge in [-0.05, 0) is 12.1 Å². The minimum atomic E-state index is -1.27. The first-order valence-corrected chi connectivity index (χ1v) is 3.23. The maximum absolute atomic E-state index is 10.4. The zero-order valence-electron chi connectivity index (χ0n) is 8.30. The van der Waals surface area contributed by atoms with E-state index in [1.807, 2.05) is 0 Å². The molecule has 0 aliphatic heterocycles. The molecule has 0 saturated heterocycles. The van der Waals surface area contributed by atoms with Gasteiger partial charge in [0.15, 0.2) is 5.75 Å². The maximum Gasteiger partial charge on any atom is 1.00 e. The average Bonchev–Trinajstić information content (AvgIpc) is 2.04. The molecule has 0 saturated carbocycles. The van der Waals surface area contributed by atoms with Gasteiger partial charge in [-0.2, -0.15) is 0 Å². The molecule has 0 heterocycles. The number of hydrogen-bond donors (Lipinski definition) is 2. The molecule has 0 radical (unpaired) electrons. The molecule has 2 N–H and O–H groups in total. The number of nitrogens with zero attached hydrogens (tertiary/aromatic N) is 1. The molecule has 0 aliphatic carbocycles. The smallest absolute Gasteiger partial charge is 1.00 e. The van der Waals surface area contributed by atoms with Crippen molar-refractivity contribution in [2.45, 2.75) is 0 Å². The molecule has 0 unspecified atom stereocenters. The first kappa shape index (κ1) is 13.5. The third-order valence-electron chi connectivity index (χ3n) is 1.42. The van der Waals surface area contributed by atoms with E-state index in [4.69, 9.17) is 10.2 Å². The minimum Gasteiger partial charge on any atom is -1.00 e. The van der Waals surface area contributed by atoms with Crippen LogP contribution in [0.25, 0.3) is 0 Å². The summed E-state index contributed by atoms with van der Waals surface area (Å²) in [4.78, 5) is 19.8. The Kier molecular flexibility index (Phi) is 5.23. The van der Waals surface area contributed by atoms with Crippen LogP contribution in [0, 0.1) is 10.1 Å². The molecule has 1 aromatic rings. The van der Waals surface area contributed by atoms with Crippen molar-refractivity contribution in [1.82, 2.24) is 0 Å². The van der Waals surface area contributed by atoms with Gasteiger partial charge in [0.25, 0.3) is 0 Å². The number of rotatable bonds is 2. The molecule has 1 aromatic carbocycles. The fourth-order valence-electron chi connectivity index (χ4n) is 0.803. The summed E-state index contributed by atoms with van der Waals surface area (Å²) in [6, 6.07) is 2.86. The number of phenolic OH excluding ortho intramolecular Hbond substituents is 1. The van der Waals surface area contributed by atoms with Gasteiger partial charge in [0.05, 0.1) is 10.5 Å². The number of nitro benzene ring substituents is 1. The van der Waals surface area contributed by atoms with Crippen molar-refractivity contribution in [1.29, 1.82) is 0 Å². The standard InChI is InChI=1S/C7H5NO5.K.H/c9-6-2-1-4(7(10)11)3-5(6)8(12)13;;/h1-3,9H,(H,10,11);;/q;+1;-1. The number of nitro groups is 1. The average molecular weight is 223 g/mol. The first-order valence-electron chi connectivity index (χ1n) is 3.23. The van der Waals surface area contributed by atoms with Crippen LogP contribution in [0.5, 0.6) is 5.75 Å². The summed E-state index contributed by atoms with van der Waals surface area (Å²) in [5.74, 6) is -1.82. The number of aromatic carboxylic acids is 1. The van der Waals surface area contributed by atoms with Crippen LogP contribution in [-0.4, -0.2) is 21.1 Å². The zero-order valence-corrected chi connectivity index (χ0v) is 10.4. The molecule has 6 nitrogen and oxygen atoms in total. The number of hydrogen-bond acceptors (Lipinski definition) is 4. The second-order valence-corrected chi connectivity index (χ2v) is 2.27. The summed E-state index contributed by atoms with van der Waals surface area (Å²) in [7, 11) is 0. The normalized spacial score (nSPS) is 8.86. The Hall–Kier alpha value is -0.474. The number of carboxylic acids is 1. The van der Waals surface area contributed by atoms with Gasteiger partial charge >= 0.3 is 63.0 Å². The predicted molar refractivity (Wildman–Crippen MR) is 42.8 cm³/mol. The Morgan fingerprint density at radius 1 is 1.50 bits per heavy atom. The van der Waals surface area contributed by atoms with E-state index in [0.29, 0.717) is 0 Å². The molecule has 0 amide bonds. The van der Waals surface area contributed by atoms with E-state index in [0.717, 1.165) is 18.2 Å². The van der Waals surface area contributed by atoms with Crippen LogP contribution in [0.1, 0.15) is 11.8 Å². The summed E-state index contributed by atoms with van der Waals surface area (Å²) in [5.41, 5.74) is -0.843. The van der Waals surface area contributed by atoms with Gasteiger partial charge in [0.1, 0.15) is 0 Å². The van der Waals surface area contributed by atoms with Crippen LogP contribution in [0.15, 0.2) is 18.2 Å². The molecule has 14 heavy (non-hydrogen) atoms. The Balaban J connectivity index is 0. The van der Waals surface area contributed by atoms with E-state index in [-0.39, 0.29) is 58.4 Å². The van der Waals surface area contributed by atoms with Crippen LogP contribution in [0.3, 0.4) is 0 Å². The van der Waals surface area contributed by atoms with Crippen LogP contribution in [-0.2, 0) is 0 Å². The summed E-state index contributed by atoms with van der Waals surface area (Å²) in [6.07, 6.45) is 0. The van der Waals surface area contributed by atoms with Crippen LogP contribution < -0.4 is 51.4 Å². The third-order valence-corrected chi connectivity index (χ3v) is 1.42. The fourth-order valence-corrected chi connectivity index (χ4v) is 0.803. The molecule has 0 atom stereocenters. The summed E-state index contributed by atoms with van der Waals surface area (Å²) in [6.45, 7) is 0. The molecule has 0 spiro atoms. The van der Waals surface area contributed by atoms with Crippen LogP contribution in [0.4, 0.5) is 5.69 Å². The summed E-state index contributed by atoms with van der Waals surface area (Å²) < 4.78 is 0. The van der Waals surface area contributed by atoms with E-state index in [1.165, 1.54) is 0 Å². The number of aromatic hydroxyl groups is 1. The molecule has 0 aliphatic rings. The quantitative estimate of drug-likeness (QED) is 0.347. The molecule has 0 bridgehead atoms. The van der Waals surface area contributed by atoms with Crippen LogP contribution in [0.2, 0.25) is 0 Å². The first-order chi connectivity index (χ1) is 6.02. The van der Waals surface area contributed by atoms with Gasteiger partial charge in [-0.3, -0.25) is 10.1 Å². The van der Waals surface area contributed by atoms with Crippen molar-refractivity contribution in [3.05, 3.63) is 33.9 Å². The Morgan fingerprint density at radius 2 is 2.07 bits per heavy atom. The summed E-state index contributed by atoms with van der Waals surface area (Å²) >= 11 is 0. The van der Waals surface area contributed by atoms with E-state index in [1.54, 1.807) is 0 Å². The van der Waals surface area contributed by atoms with Gasteiger partial charge in [0.2, 0.25) is 0 Å². The molecule has 7 heteroatoms. The van der Waals surface area contributed by atoms with Crippen LogP contribution >= 0.6 is 0 Å². The van der Waals surface area contributed by atoms with E-state index in [2.05, 4.69) is 0 Å². The Labute approximate surface area is 123 Å². The van der Waals surface area contributed by atoms with Gasteiger partial charge in [0, 0.05) is 6.07 Å². The molecular formula is C7H6KNO5. The molecular weight excluding hydrogens is 217 g/mol. The predicted octanol–water partition coefficient (Wildman–Crippen LogP) is -1.88. The summed E-state index contributed by atoms with van der Waals surface area (Å²) in [5, 5.41) is 27.7. The van der Waals surface area contributed by atoms with Gasteiger partial charge < -0.3 is 11.6 Å². The molecule has 0 aromatic heterocycles. The van der Waals surface area contributed by atoms with Crippen molar-refractivity contribution >= 4 is 11.7 Å². The van der Waals surface area contributed by atoms with E-state index >= 15 is 0 Å². The second kappa shape index (κ2) is 5.42. The van der Waals surface area contributed by atoms with E-state index < -0.39 is 22.3 Å². The molecule has 70 valence electrons.